The smallest absolute Gasteiger partial charge is 0.187 e. The molecule has 1 aliphatic rings. The normalized spacial score (nSPS) is 19.1. The lowest BCUT2D eigenvalue weighted by atomic mass is 9.99. The maximum absolute atomic E-state index is 9.82. The number of thiazole rings is 1. The van der Waals surface area contributed by atoms with Crippen LogP contribution in [0.2, 0.25) is 0 Å². The SMILES string of the molecule is OC[C@H]1C[C@@H](O)CCN1CCc1ccc(Nc2nc(-c3ccc4ccccc4c3)cs2)cc1. The van der Waals surface area contributed by atoms with E-state index in [4.69, 9.17) is 4.98 Å². The molecule has 0 radical (unpaired) electrons. The van der Waals surface area contributed by atoms with Crippen molar-refractivity contribution in [3.8, 4) is 11.3 Å². The van der Waals surface area contributed by atoms with Crippen molar-refractivity contribution in [2.24, 2.45) is 0 Å². The molecule has 0 aliphatic carbocycles. The van der Waals surface area contributed by atoms with Gasteiger partial charge in [0.15, 0.2) is 5.13 Å². The Balaban J connectivity index is 1.19. The minimum absolute atomic E-state index is 0.0661. The molecule has 0 bridgehead atoms. The number of aliphatic hydroxyl groups excluding tert-OH is 2. The second-order valence-electron chi connectivity index (χ2n) is 8.72. The average Bonchev–Trinajstić information content (AvgIpc) is 3.32. The number of aliphatic hydroxyl groups is 2. The molecular weight excluding hydrogens is 430 g/mol. The number of fused-ring (bicyclic) bond motifs is 1. The molecule has 5 nitrogen and oxygen atoms in total. The van der Waals surface area contributed by atoms with E-state index in [0.717, 1.165) is 48.0 Å². The summed E-state index contributed by atoms with van der Waals surface area (Å²) in [5.41, 5.74) is 4.39. The molecule has 0 amide bonds. The molecule has 6 heteroatoms. The Bertz CT molecular complexity index is 1210. The molecule has 1 aliphatic heterocycles. The van der Waals surface area contributed by atoms with Gasteiger partial charge in [0.1, 0.15) is 0 Å². The minimum atomic E-state index is -0.281. The molecule has 5 rings (SSSR count). The summed E-state index contributed by atoms with van der Waals surface area (Å²) >= 11 is 1.61. The highest BCUT2D eigenvalue weighted by molar-refractivity contribution is 7.14. The summed E-state index contributed by atoms with van der Waals surface area (Å²) in [6, 6.07) is 23.4. The Kier molecular flexibility index (Phi) is 6.69. The Hall–Kier alpha value is -2.77. The summed E-state index contributed by atoms with van der Waals surface area (Å²) < 4.78 is 0. The summed E-state index contributed by atoms with van der Waals surface area (Å²) in [4.78, 5) is 7.08. The van der Waals surface area contributed by atoms with Gasteiger partial charge >= 0.3 is 0 Å². The number of piperidine rings is 1. The number of aromatic nitrogens is 1. The Morgan fingerprint density at radius 2 is 1.85 bits per heavy atom. The molecule has 1 aromatic heterocycles. The van der Waals surface area contributed by atoms with Gasteiger partial charge in [0, 0.05) is 35.8 Å². The number of rotatable bonds is 7. The molecular formula is C27H29N3O2S. The van der Waals surface area contributed by atoms with Gasteiger partial charge in [-0.15, -0.1) is 11.3 Å². The van der Waals surface area contributed by atoms with E-state index >= 15 is 0 Å². The summed E-state index contributed by atoms with van der Waals surface area (Å²) in [7, 11) is 0. The maximum atomic E-state index is 9.82. The van der Waals surface area contributed by atoms with Crippen LogP contribution in [0.1, 0.15) is 18.4 Å². The van der Waals surface area contributed by atoms with Gasteiger partial charge in [-0.1, -0.05) is 48.5 Å². The van der Waals surface area contributed by atoms with Crippen LogP contribution in [0.25, 0.3) is 22.0 Å². The van der Waals surface area contributed by atoms with E-state index in [0.29, 0.717) is 6.42 Å². The van der Waals surface area contributed by atoms with Gasteiger partial charge in [-0.2, -0.15) is 0 Å². The first-order valence-electron chi connectivity index (χ1n) is 11.5. The molecule has 2 heterocycles. The molecule has 3 N–H and O–H groups in total. The lowest BCUT2D eigenvalue weighted by Gasteiger charge is -2.36. The largest absolute Gasteiger partial charge is 0.395 e. The quantitative estimate of drug-likeness (QED) is 0.360. The fraction of sp³-hybridized carbons (Fsp3) is 0.296. The first-order chi connectivity index (χ1) is 16.2. The Morgan fingerprint density at radius 1 is 1.03 bits per heavy atom. The second-order valence-corrected chi connectivity index (χ2v) is 9.58. The first kappa shape index (κ1) is 22.0. The van der Waals surface area contributed by atoms with Crippen LogP contribution in [0.3, 0.4) is 0 Å². The van der Waals surface area contributed by atoms with Gasteiger partial charge in [0.05, 0.1) is 18.4 Å². The van der Waals surface area contributed by atoms with Crippen molar-refractivity contribution in [3.05, 3.63) is 77.7 Å². The number of likely N-dealkylation sites (tertiary alicyclic amines) is 1. The van der Waals surface area contributed by atoms with E-state index in [1.807, 2.05) is 0 Å². The highest BCUT2D eigenvalue weighted by Gasteiger charge is 2.26. The standard InChI is InChI=1S/C27H29N3O2S/c31-17-24-16-25(32)12-14-30(24)13-11-19-5-9-23(10-6-19)28-27-29-26(18-33-27)22-8-7-20-3-1-2-4-21(20)15-22/h1-10,15,18,24-25,31-32H,11-14,16-17H2,(H,28,29)/t24-,25+/m1/s1. The summed E-state index contributed by atoms with van der Waals surface area (Å²) in [6.07, 6.45) is 2.09. The molecule has 0 spiro atoms. The second kappa shape index (κ2) is 10.0. The topological polar surface area (TPSA) is 68.6 Å². The van der Waals surface area contributed by atoms with Crippen molar-refractivity contribution in [1.29, 1.82) is 0 Å². The fourth-order valence-electron chi connectivity index (χ4n) is 4.53. The molecule has 0 saturated carbocycles. The van der Waals surface area contributed by atoms with Crippen LogP contribution in [0, 0.1) is 0 Å². The third kappa shape index (κ3) is 5.25. The zero-order valence-electron chi connectivity index (χ0n) is 18.5. The van der Waals surface area contributed by atoms with E-state index in [2.05, 4.69) is 82.3 Å². The third-order valence-electron chi connectivity index (χ3n) is 6.46. The average molecular weight is 460 g/mol. The molecule has 1 fully saturated rings. The van der Waals surface area contributed by atoms with Gasteiger partial charge in [-0.3, -0.25) is 4.90 Å². The number of hydrogen-bond donors (Lipinski definition) is 3. The predicted molar refractivity (Wildman–Crippen MR) is 136 cm³/mol. The van der Waals surface area contributed by atoms with Gasteiger partial charge in [-0.25, -0.2) is 4.98 Å². The van der Waals surface area contributed by atoms with Crippen LogP contribution in [-0.2, 0) is 6.42 Å². The van der Waals surface area contributed by atoms with E-state index in [1.165, 1.54) is 16.3 Å². The van der Waals surface area contributed by atoms with Gasteiger partial charge in [0.2, 0.25) is 0 Å². The number of hydrogen-bond acceptors (Lipinski definition) is 6. The van der Waals surface area contributed by atoms with Crippen molar-refractivity contribution in [2.45, 2.75) is 31.4 Å². The van der Waals surface area contributed by atoms with Gasteiger partial charge in [-0.05, 0) is 53.8 Å². The third-order valence-corrected chi connectivity index (χ3v) is 7.22. The van der Waals surface area contributed by atoms with Crippen LogP contribution in [0.4, 0.5) is 10.8 Å². The van der Waals surface area contributed by atoms with Crippen molar-refractivity contribution >= 4 is 32.9 Å². The van der Waals surface area contributed by atoms with Crippen molar-refractivity contribution in [1.82, 2.24) is 9.88 Å². The molecule has 170 valence electrons. The van der Waals surface area contributed by atoms with E-state index in [-0.39, 0.29) is 18.8 Å². The van der Waals surface area contributed by atoms with Crippen LogP contribution in [0.5, 0.6) is 0 Å². The molecule has 1 saturated heterocycles. The molecule has 3 aromatic carbocycles. The summed E-state index contributed by atoms with van der Waals surface area (Å²) in [6.45, 7) is 1.84. The number of nitrogens with zero attached hydrogens (tertiary/aromatic N) is 2. The molecule has 4 aromatic rings. The minimum Gasteiger partial charge on any atom is -0.395 e. The predicted octanol–water partition coefficient (Wildman–Crippen LogP) is 5.07. The van der Waals surface area contributed by atoms with Gasteiger partial charge in [0.25, 0.3) is 0 Å². The molecule has 33 heavy (non-hydrogen) atoms. The molecule has 2 atom stereocenters. The lowest BCUT2D eigenvalue weighted by molar-refractivity contribution is 0.0177. The van der Waals surface area contributed by atoms with Crippen molar-refractivity contribution in [3.63, 3.8) is 0 Å². The van der Waals surface area contributed by atoms with Crippen LogP contribution < -0.4 is 5.32 Å². The van der Waals surface area contributed by atoms with Gasteiger partial charge < -0.3 is 15.5 Å². The first-order valence-corrected chi connectivity index (χ1v) is 12.4. The van der Waals surface area contributed by atoms with Crippen LogP contribution in [-0.4, -0.2) is 51.9 Å². The highest BCUT2D eigenvalue weighted by Crippen LogP contribution is 2.29. The van der Waals surface area contributed by atoms with Crippen molar-refractivity contribution < 1.29 is 10.2 Å². The number of nitrogens with one attached hydrogen (secondary N) is 1. The number of anilines is 2. The maximum Gasteiger partial charge on any atom is 0.187 e. The van der Waals surface area contributed by atoms with E-state index in [9.17, 15) is 10.2 Å². The monoisotopic (exact) mass is 459 g/mol. The lowest BCUT2D eigenvalue weighted by Crippen LogP contribution is -2.47. The van der Waals surface area contributed by atoms with E-state index < -0.39 is 0 Å². The zero-order chi connectivity index (χ0) is 22.6. The Labute approximate surface area is 198 Å². The highest BCUT2D eigenvalue weighted by atomic mass is 32.1. The van der Waals surface area contributed by atoms with Crippen LogP contribution in [0.15, 0.2) is 72.1 Å². The fourth-order valence-corrected chi connectivity index (χ4v) is 5.27. The summed E-state index contributed by atoms with van der Waals surface area (Å²) in [5, 5.41) is 28.3. The summed E-state index contributed by atoms with van der Waals surface area (Å²) in [5.74, 6) is 0. The zero-order valence-corrected chi connectivity index (χ0v) is 19.3. The van der Waals surface area contributed by atoms with E-state index in [1.54, 1.807) is 11.3 Å². The van der Waals surface area contributed by atoms with Crippen molar-refractivity contribution in [2.75, 3.05) is 25.0 Å². The Morgan fingerprint density at radius 3 is 2.67 bits per heavy atom. The molecule has 0 unspecified atom stereocenters. The number of benzene rings is 3. The van der Waals surface area contributed by atoms with Crippen LogP contribution >= 0.6 is 11.3 Å².